The Morgan fingerprint density at radius 3 is 2.69 bits per heavy atom. The number of aromatic nitrogens is 3. The molecule has 1 amide bonds. The number of hydrogen-bond donors (Lipinski definition) is 1. The van der Waals surface area contributed by atoms with Crippen LogP contribution < -0.4 is 14.4 Å². The minimum absolute atomic E-state index is 0.0250. The van der Waals surface area contributed by atoms with Gasteiger partial charge in [0.25, 0.3) is 5.91 Å². The molecule has 1 N–H and O–H groups in total. The molecule has 0 spiro atoms. The highest BCUT2D eigenvalue weighted by atomic mass is 32.2. The minimum Gasteiger partial charge on any atom is -0.492 e. The maximum atomic E-state index is 12.8. The van der Waals surface area contributed by atoms with Gasteiger partial charge in [-0.15, -0.1) is 0 Å². The fourth-order valence-corrected chi connectivity index (χ4v) is 4.33. The summed E-state index contributed by atoms with van der Waals surface area (Å²) >= 11 is 0. The summed E-state index contributed by atoms with van der Waals surface area (Å²) in [5.74, 6) is -0.315. The lowest BCUT2D eigenvalue weighted by atomic mass is 10.1. The number of fused-ring (bicyclic) bond motifs is 1. The van der Waals surface area contributed by atoms with Crippen LogP contribution in [0, 0.1) is 5.92 Å². The Kier molecular flexibility index (Phi) is 7.48. The van der Waals surface area contributed by atoms with E-state index in [1.165, 1.54) is 6.07 Å². The maximum Gasteiger partial charge on any atom is 0.283 e. The van der Waals surface area contributed by atoms with Crippen LogP contribution in [0.3, 0.4) is 0 Å². The number of carbonyl (C=O) groups is 1. The Hall–Kier alpha value is -3.22. The molecule has 3 heterocycles. The second kappa shape index (κ2) is 10.4. The van der Waals surface area contributed by atoms with E-state index in [0.717, 1.165) is 29.7 Å². The van der Waals surface area contributed by atoms with Crippen molar-refractivity contribution in [3.8, 4) is 11.4 Å². The second-order valence-corrected chi connectivity index (χ2v) is 11.1. The smallest absolute Gasteiger partial charge is 0.283 e. The van der Waals surface area contributed by atoms with Crippen molar-refractivity contribution in [3.63, 3.8) is 0 Å². The summed E-state index contributed by atoms with van der Waals surface area (Å²) in [5.41, 5.74) is 2.76. The average molecular weight is 518 g/mol. The van der Waals surface area contributed by atoms with E-state index in [9.17, 15) is 13.2 Å². The number of ether oxygens (including phenoxy) is 1. The normalized spacial score (nSPS) is 16.3. The van der Waals surface area contributed by atoms with Crippen molar-refractivity contribution >= 4 is 32.7 Å². The zero-order chi connectivity index (χ0) is 26.0. The third-order valence-electron chi connectivity index (χ3n) is 5.75. The van der Waals surface area contributed by atoms with Crippen molar-refractivity contribution in [2.24, 2.45) is 5.92 Å². The molecule has 1 unspecified atom stereocenters. The quantitative estimate of drug-likeness (QED) is 0.449. The number of nitrogens with one attached hydrogen (secondary N) is 1. The van der Waals surface area contributed by atoms with Gasteiger partial charge in [0.15, 0.2) is 5.65 Å². The van der Waals surface area contributed by atoms with Gasteiger partial charge in [0.2, 0.25) is 10.0 Å². The first-order valence-electron chi connectivity index (χ1n) is 11.6. The monoisotopic (exact) mass is 517 g/mol. The first kappa shape index (κ1) is 25.9. The molecule has 4 rings (SSSR count). The number of benzene rings is 1. The van der Waals surface area contributed by atoms with Gasteiger partial charge in [-0.2, -0.15) is 5.10 Å². The largest absolute Gasteiger partial charge is 0.492 e. The molecule has 1 fully saturated rings. The number of pyridine rings is 1. The summed E-state index contributed by atoms with van der Waals surface area (Å²) in [7, 11) is 0.0929. The molecule has 2 aromatic heterocycles. The van der Waals surface area contributed by atoms with E-state index in [-0.39, 0.29) is 17.5 Å². The molecule has 194 valence electrons. The summed E-state index contributed by atoms with van der Waals surface area (Å²) in [6, 6.07) is 9.21. The Morgan fingerprint density at radius 2 is 2.06 bits per heavy atom. The minimum atomic E-state index is -3.79. The number of hydrogen-bond acceptors (Lipinski definition) is 9. The number of carbonyl (C=O) groups excluding carboxylic acids is 1. The van der Waals surface area contributed by atoms with Crippen LogP contribution in [0.2, 0.25) is 0 Å². The van der Waals surface area contributed by atoms with Gasteiger partial charge in [-0.1, -0.05) is 19.9 Å². The van der Waals surface area contributed by atoms with Crippen molar-refractivity contribution in [1.29, 1.82) is 0 Å². The zero-order valence-corrected chi connectivity index (χ0v) is 21.8. The summed E-state index contributed by atoms with van der Waals surface area (Å²) in [5, 5.41) is 5.52. The van der Waals surface area contributed by atoms with Crippen molar-refractivity contribution < 1.29 is 27.7 Å². The predicted octanol–water partition coefficient (Wildman–Crippen LogP) is 2.65. The molecule has 1 saturated heterocycles. The molecule has 1 aromatic carbocycles. The van der Waals surface area contributed by atoms with Gasteiger partial charge in [0.1, 0.15) is 11.4 Å². The van der Waals surface area contributed by atoms with E-state index in [4.69, 9.17) is 19.6 Å². The van der Waals surface area contributed by atoms with Crippen molar-refractivity contribution in [2.75, 3.05) is 45.1 Å². The van der Waals surface area contributed by atoms with Crippen LogP contribution in [-0.2, 0) is 19.8 Å². The van der Waals surface area contributed by atoms with E-state index < -0.39 is 15.9 Å². The highest BCUT2D eigenvalue weighted by Gasteiger charge is 2.25. The highest BCUT2D eigenvalue weighted by Crippen LogP contribution is 2.35. The van der Waals surface area contributed by atoms with E-state index in [1.807, 2.05) is 61.8 Å². The Labute approximate surface area is 210 Å². The van der Waals surface area contributed by atoms with Gasteiger partial charge in [-0.25, -0.2) is 32.6 Å². The third-order valence-corrected chi connectivity index (χ3v) is 6.30. The third kappa shape index (κ3) is 5.77. The second-order valence-electron chi connectivity index (χ2n) is 9.35. The average Bonchev–Trinajstić information content (AvgIpc) is 3.22. The summed E-state index contributed by atoms with van der Waals surface area (Å²) in [6.07, 6.45) is 1.68. The van der Waals surface area contributed by atoms with Gasteiger partial charge in [0, 0.05) is 31.8 Å². The number of rotatable bonds is 8. The Balaban J connectivity index is 1.89. The van der Waals surface area contributed by atoms with Gasteiger partial charge in [-0.05, 0) is 30.5 Å². The fraction of sp³-hybridized carbons (Fsp3) is 0.458. The molecule has 0 radical (unpaired) electrons. The van der Waals surface area contributed by atoms with E-state index in [2.05, 4.69) is 4.98 Å². The van der Waals surface area contributed by atoms with E-state index >= 15 is 0 Å². The van der Waals surface area contributed by atoms with Crippen molar-refractivity contribution in [2.45, 2.75) is 26.2 Å². The van der Waals surface area contributed by atoms with Gasteiger partial charge in [-0.3, -0.25) is 4.79 Å². The van der Waals surface area contributed by atoms with Crippen LogP contribution in [0.4, 0.5) is 5.69 Å². The lowest BCUT2D eigenvalue weighted by molar-refractivity contribution is -0.325. The van der Waals surface area contributed by atoms with Gasteiger partial charge >= 0.3 is 0 Å². The van der Waals surface area contributed by atoms with Crippen LogP contribution >= 0.6 is 0 Å². The topological polar surface area (TPSA) is 125 Å². The molecule has 1 atom stereocenters. The summed E-state index contributed by atoms with van der Waals surface area (Å²) in [6.45, 7) is 5.22. The van der Waals surface area contributed by atoms with E-state index in [1.54, 1.807) is 4.68 Å². The van der Waals surface area contributed by atoms with Gasteiger partial charge in [0.05, 0.1) is 42.8 Å². The van der Waals surface area contributed by atoms with Crippen molar-refractivity contribution in [1.82, 2.24) is 19.5 Å². The van der Waals surface area contributed by atoms with Crippen LogP contribution in [0.25, 0.3) is 16.7 Å². The molecular weight excluding hydrogens is 486 g/mol. The number of sulfonamides is 1. The van der Waals surface area contributed by atoms with Crippen molar-refractivity contribution in [3.05, 3.63) is 41.7 Å². The highest BCUT2D eigenvalue weighted by molar-refractivity contribution is 7.89. The standard InChI is InChI=1S/C24H31N5O6S/c1-15(2)22-21-20(33-13-16-9-10-34-35-14-16)12-19(24(30)27-36(5,31)32)25-23(21)29(26-22)18-8-6-7-17(11-18)28(3)4/h6-8,11-12,15-16H,9-10,13-14H2,1-5H3,(H,27,30). The molecule has 1 aliphatic rings. The maximum absolute atomic E-state index is 12.8. The fourth-order valence-electron chi connectivity index (χ4n) is 3.89. The number of amides is 1. The zero-order valence-electron chi connectivity index (χ0n) is 21.0. The molecule has 36 heavy (non-hydrogen) atoms. The van der Waals surface area contributed by atoms with Crippen LogP contribution in [0.15, 0.2) is 30.3 Å². The molecule has 0 aliphatic carbocycles. The van der Waals surface area contributed by atoms with Crippen LogP contribution in [-0.4, -0.2) is 69.3 Å². The molecule has 12 heteroatoms. The molecule has 0 bridgehead atoms. The molecule has 1 aliphatic heterocycles. The lowest BCUT2D eigenvalue weighted by Gasteiger charge is -2.21. The molecule has 3 aromatic rings. The summed E-state index contributed by atoms with van der Waals surface area (Å²) < 4.78 is 33.3. The molecular formula is C24H31N5O6S. The molecule has 11 nitrogen and oxygen atoms in total. The predicted molar refractivity (Wildman–Crippen MR) is 135 cm³/mol. The van der Waals surface area contributed by atoms with Crippen LogP contribution in [0.1, 0.15) is 42.4 Å². The van der Waals surface area contributed by atoms with E-state index in [0.29, 0.717) is 36.6 Å². The van der Waals surface area contributed by atoms with Gasteiger partial charge < -0.3 is 9.64 Å². The lowest BCUT2D eigenvalue weighted by Crippen LogP contribution is -2.30. The Bertz CT molecular complexity index is 1360. The van der Waals surface area contributed by atoms with Crippen LogP contribution in [0.5, 0.6) is 5.75 Å². The first-order valence-corrected chi connectivity index (χ1v) is 13.5. The number of anilines is 1. The molecule has 0 saturated carbocycles. The number of nitrogens with zero attached hydrogens (tertiary/aromatic N) is 4. The SMILES string of the molecule is CC(C)c1nn(-c2cccc(N(C)C)c2)c2nc(C(=O)NS(C)(=O)=O)cc(OCC3CCOOC3)c12. The summed E-state index contributed by atoms with van der Waals surface area (Å²) in [4.78, 5) is 29.4. The first-order chi connectivity index (χ1) is 17.0. The Morgan fingerprint density at radius 1 is 1.28 bits per heavy atom.